The molecule has 148 valence electrons. The van der Waals surface area contributed by atoms with Gasteiger partial charge in [0.25, 0.3) is 5.91 Å². The van der Waals surface area contributed by atoms with E-state index in [9.17, 15) is 14.0 Å². The van der Waals surface area contributed by atoms with Gasteiger partial charge in [0.2, 0.25) is 5.91 Å². The van der Waals surface area contributed by atoms with E-state index in [0.717, 1.165) is 12.5 Å². The topological polar surface area (TPSA) is 85.9 Å². The third-order valence-electron chi connectivity index (χ3n) is 3.82. The van der Waals surface area contributed by atoms with Gasteiger partial charge in [0.15, 0.2) is 6.61 Å². The number of halogens is 2. The average molecular weight is 401 g/mol. The normalized spacial score (nSPS) is 16.4. The summed E-state index contributed by atoms with van der Waals surface area (Å²) in [5.74, 6) is -0.785. The van der Waals surface area contributed by atoms with Gasteiger partial charge in [-0.05, 0) is 25.0 Å². The van der Waals surface area contributed by atoms with Gasteiger partial charge in [-0.25, -0.2) is 14.2 Å². The van der Waals surface area contributed by atoms with Gasteiger partial charge in [-0.1, -0.05) is 18.2 Å². The lowest BCUT2D eigenvalue weighted by atomic mass is 10.1. The highest BCUT2D eigenvalue weighted by Gasteiger charge is 2.16. The zero-order chi connectivity index (χ0) is 19.6. The van der Waals surface area contributed by atoms with Gasteiger partial charge < -0.3 is 15.4 Å². The third-order valence-corrected chi connectivity index (χ3v) is 4.12. The highest BCUT2D eigenvalue weighted by atomic mass is 35.5. The summed E-state index contributed by atoms with van der Waals surface area (Å²) in [4.78, 5) is 33.3. The molecule has 2 amide bonds. The number of hydrogen-bond donors (Lipinski definition) is 2. The number of allylic oxidation sites excluding steroid dienone is 1. The van der Waals surface area contributed by atoms with Crippen molar-refractivity contribution in [2.75, 3.05) is 26.4 Å². The summed E-state index contributed by atoms with van der Waals surface area (Å²) in [6.45, 7) is 4.91. The Bertz CT molecular complexity index is 680. The molecule has 0 radical (unpaired) electrons. The quantitative estimate of drug-likeness (QED) is 0.621. The van der Waals surface area contributed by atoms with Crippen molar-refractivity contribution in [1.29, 1.82) is 0 Å². The fourth-order valence-electron chi connectivity index (χ4n) is 2.28. The summed E-state index contributed by atoms with van der Waals surface area (Å²) < 4.78 is 18.5. The smallest absolute Gasteiger partial charge is 0.262 e. The lowest BCUT2D eigenvalue weighted by Crippen LogP contribution is -2.34. The van der Waals surface area contributed by atoms with Crippen LogP contribution in [0.5, 0.6) is 5.75 Å². The van der Waals surface area contributed by atoms with Gasteiger partial charge in [0.1, 0.15) is 11.6 Å². The standard InChI is InChI=1S/C18H22ClFN2O5/c1-12(2-5-17(23)21-9-13-6-7-26-27-10-13)22-18(24)11-25-14-3-4-15(19)16(20)8-14/h3-4,8,13H,1-2,5-7,9-11H2,(H,21,23)(H,22,24). The van der Waals surface area contributed by atoms with E-state index in [4.69, 9.17) is 26.1 Å². The van der Waals surface area contributed by atoms with E-state index >= 15 is 0 Å². The molecule has 2 N–H and O–H groups in total. The number of nitrogens with one attached hydrogen (secondary N) is 2. The molecule has 7 nitrogen and oxygen atoms in total. The first-order valence-corrected chi connectivity index (χ1v) is 8.88. The maximum absolute atomic E-state index is 13.3. The van der Waals surface area contributed by atoms with Crippen LogP contribution in [-0.4, -0.2) is 38.2 Å². The molecule has 1 saturated heterocycles. The van der Waals surface area contributed by atoms with E-state index in [1.807, 2.05) is 0 Å². The lowest BCUT2D eigenvalue weighted by Gasteiger charge is -2.21. The molecule has 0 bridgehead atoms. The molecule has 27 heavy (non-hydrogen) atoms. The molecular formula is C18H22ClFN2O5. The molecule has 9 heteroatoms. The van der Waals surface area contributed by atoms with Crippen molar-refractivity contribution in [3.8, 4) is 5.75 Å². The summed E-state index contributed by atoms with van der Waals surface area (Å²) in [6.07, 6.45) is 1.34. The van der Waals surface area contributed by atoms with Crippen molar-refractivity contribution < 1.29 is 28.5 Å². The summed E-state index contributed by atoms with van der Waals surface area (Å²) in [5, 5.41) is 5.34. The molecule has 1 atom stereocenters. The summed E-state index contributed by atoms with van der Waals surface area (Å²) in [7, 11) is 0. The average Bonchev–Trinajstić information content (AvgIpc) is 2.66. The fraction of sp³-hybridized carbons (Fsp3) is 0.444. The SMILES string of the molecule is C=C(CCC(=O)NCC1CCOOC1)NC(=O)COc1ccc(Cl)c(F)c1. The Morgan fingerprint density at radius 2 is 2.11 bits per heavy atom. The molecule has 1 aliphatic heterocycles. The van der Waals surface area contributed by atoms with Crippen molar-refractivity contribution in [3.63, 3.8) is 0 Å². The molecular weight excluding hydrogens is 379 g/mol. The second-order valence-corrected chi connectivity index (χ2v) is 6.49. The summed E-state index contributed by atoms with van der Waals surface area (Å²) in [6, 6.07) is 3.90. The van der Waals surface area contributed by atoms with Crippen LogP contribution < -0.4 is 15.4 Å². The lowest BCUT2D eigenvalue weighted by molar-refractivity contribution is -0.323. The van der Waals surface area contributed by atoms with Crippen molar-refractivity contribution in [2.24, 2.45) is 5.92 Å². The van der Waals surface area contributed by atoms with Gasteiger partial charge in [-0.3, -0.25) is 9.59 Å². The number of ether oxygens (including phenoxy) is 1. The van der Waals surface area contributed by atoms with Crippen LogP contribution in [0.2, 0.25) is 5.02 Å². The largest absolute Gasteiger partial charge is 0.484 e. The number of hydrogen-bond acceptors (Lipinski definition) is 5. The van der Waals surface area contributed by atoms with E-state index in [2.05, 4.69) is 17.2 Å². The highest BCUT2D eigenvalue weighted by molar-refractivity contribution is 6.30. The van der Waals surface area contributed by atoms with E-state index in [1.54, 1.807) is 0 Å². The van der Waals surface area contributed by atoms with Crippen LogP contribution in [0.3, 0.4) is 0 Å². The summed E-state index contributed by atoms with van der Waals surface area (Å²) in [5.41, 5.74) is 0.399. The number of carbonyl (C=O) groups excluding carboxylic acids is 2. The fourth-order valence-corrected chi connectivity index (χ4v) is 2.40. The van der Waals surface area contributed by atoms with E-state index < -0.39 is 11.7 Å². The maximum atomic E-state index is 13.3. The van der Waals surface area contributed by atoms with Crippen LogP contribution in [-0.2, 0) is 19.4 Å². The Labute approximate surface area is 161 Å². The molecule has 0 aliphatic carbocycles. The van der Waals surface area contributed by atoms with Crippen LogP contribution in [0.25, 0.3) is 0 Å². The Morgan fingerprint density at radius 3 is 2.81 bits per heavy atom. The minimum Gasteiger partial charge on any atom is -0.484 e. The molecule has 1 unspecified atom stereocenters. The Kier molecular flexibility index (Phi) is 8.50. The molecule has 0 aromatic heterocycles. The first kappa shape index (κ1) is 21.1. The molecule has 1 fully saturated rings. The van der Waals surface area contributed by atoms with E-state index in [-0.39, 0.29) is 35.6 Å². The van der Waals surface area contributed by atoms with Gasteiger partial charge in [0.05, 0.1) is 18.2 Å². The monoisotopic (exact) mass is 400 g/mol. The number of rotatable bonds is 9. The molecule has 1 aromatic carbocycles. The molecule has 0 saturated carbocycles. The minimum atomic E-state index is -0.627. The Morgan fingerprint density at radius 1 is 1.30 bits per heavy atom. The van der Waals surface area contributed by atoms with Gasteiger partial charge in [0, 0.05) is 30.6 Å². The van der Waals surface area contributed by atoms with E-state index in [1.165, 1.54) is 12.1 Å². The predicted octanol–water partition coefficient (Wildman–Crippen LogP) is 2.35. The second-order valence-electron chi connectivity index (χ2n) is 6.08. The molecule has 1 aliphatic rings. The predicted molar refractivity (Wildman–Crippen MR) is 96.4 cm³/mol. The van der Waals surface area contributed by atoms with Gasteiger partial charge >= 0.3 is 0 Å². The zero-order valence-corrected chi connectivity index (χ0v) is 15.5. The van der Waals surface area contributed by atoms with E-state index in [0.29, 0.717) is 31.9 Å². The van der Waals surface area contributed by atoms with Crippen LogP contribution in [0, 0.1) is 11.7 Å². The van der Waals surface area contributed by atoms with Gasteiger partial charge in [-0.15, -0.1) is 0 Å². The van der Waals surface area contributed by atoms with Crippen LogP contribution >= 0.6 is 11.6 Å². The minimum absolute atomic E-state index is 0.0252. The zero-order valence-electron chi connectivity index (χ0n) is 14.8. The number of amides is 2. The van der Waals surface area contributed by atoms with Crippen molar-refractivity contribution in [2.45, 2.75) is 19.3 Å². The number of benzene rings is 1. The Hall–Kier alpha value is -2.16. The van der Waals surface area contributed by atoms with Crippen LogP contribution in [0.1, 0.15) is 19.3 Å². The second kappa shape index (κ2) is 10.9. The molecule has 0 spiro atoms. The molecule has 1 heterocycles. The first-order valence-electron chi connectivity index (χ1n) is 8.50. The van der Waals surface area contributed by atoms with Crippen molar-refractivity contribution >= 4 is 23.4 Å². The van der Waals surface area contributed by atoms with Crippen LogP contribution in [0.15, 0.2) is 30.5 Å². The molecule has 2 rings (SSSR count). The Balaban J connectivity index is 1.60. The molecule has 1 aromatic rings. The number of carbonyl (C=O) groups is 2. The van der Waals surface area contributed by atoms with Crippen molar-refractivity contribution in [1.82, 2.24) is 10.6 Å². The van der Waals surface area contributed by atoms with Crippen molar-refractivity contribution in [3.05, 3.63) is 41.3 Å². The third kappa shape index (κ3) is 7.94. The summed E-state index contributed by atoms with van der Waals surface area (Å²) >= 11 is 5.57. The van der Waals surface area contributed by atoms with Crippen LogP contribution in [0.4, 0.5) is 4.39 Å². The highest BCUT2D eigenvalue weighted by Crippen LogP contribution is 2.20. The first-order chi connectivity index (χ1) is 12.9. The maximum Gasteiger partial charge on any atom is 0.262 e. The van der Waals surface area contributed by atoms with Gasteiger partial charge in [-0.2, -0.15) is 0 Å².